The molecule has 1 fully saturated rings. The highest BCUT2D eigenvalue weighted by molar-refractivity contribution is 5.97. The number of hydrogen-bond donors (Lipinski definition) is 2. The minimum absolute atomic E-state index is 0.0705. The van der Waals surface area contributed by atoms with Gasteiger partial charge >= 0.3 is 6.09 Å². The van der Waals surface area contributed by atoms with E-state index in [0.29, 0.717) is 18.2 Å². The molecule has 80 valence electrons. The summed E-state index contributed by atoms with van der Waals surface area (Å²) in [4.78, 5) is 12.3. The summed E-state index contributed by atoms with van der Waals surface area (Å²) in [5.74, 6) is 0.396. The van der Waals surface area contributed by atoms with E-state index in [0.717, 1.165) is 0 Å². The summed E-state index contributed by atoms with van der Waals surface area (Å²) in [7, 11) is 0. The molecule has 0 spiro atoms. The molecule has 1 aliphatic rings. The summed E-state index contributed by atoms with van der Waals surface area (Å²) in [6.07, 6.45) is -0.928. The number of nitrogens with one attached hydrogen (secondary N) is 1. The second-order valence-electron chi connectivity index (χ2n) is 4.72. The normalized spacial score (nSPS) is 25.9. The van der Waals surface area contributed by atoms with Gasteiger partial charge in [-0.3, -0.25) is 4.90 Å². The van der Waals surface area contributed by atoms with Crippen LogP contribution in [0, 0.1) is 17.2 Å². The lowest BCUT2D eigenvalue weighted by molar-refractivity contribution is 0.124. The molecule has 0 aromatic rings. The fourth-order valence-corrected chi connectivity index (χ4v) is 1.98. The first-order chi connectivity index (χ1) is 6.28. The van der Waals surface area contributed by atoms with E-state index in [2.05, 4.69) is 0 Å². The predicted octanol–water partition coefficient (Wildman–Crippen LogP) is 2.05. The number of nitrogens with zero attached hydrogens (tertiary/aromatic N) is 1. The van der Waals surface area contributed by atoms with Gasteiger partial charge < -0.3 is 10.5 Å². The van der Waals surface area contributed by atoms with Gasteiger partial charge in [-0.25, -0.2) is 4.79 Å². The van der Waals surface area contributed by atoms with E-state index in [4.69, 9.17) is 10.5 Å². The zero-order chi connectivity index (χ0) is 11.1. The van der Waals surface area contributed by atoms with Crippen molar-refractivity contribution in [2.45, 2.75) is 33.2 Å². The maximum Gasteiger partial charge on any atom is 0.408 e. The lowest BCUT2D eigenvalue weighted by atomic mass is 9.87. The molecule has 2 N–H and O–H groups in total. The van der Waals surface area contributed by atoms with Crippen molar-refractivity contribution in [3.63, 3.8) is 0 Å². The van der Waals surface area contributed by atoms with E-state index in [1.54, 1.807) is 13.8 Å². The number of hydrogen-bond acceptors (Lipinski definition) is 2. The van der Waals surface area contributed by atoms with Crippen LogP contribution in [0.25, 0.3) is 0 Å². The van der Waals surface area contributed by atoms with Crippen LogP contribution in [0.1, 0.15) is 27.7 Å². The number of carboxylic acid groups (broad SMARTS) is 1. The van der Waals surface area contributed by atoms with Crippen molar-refractivity contribution in [1.29, 1.82) is 5.41 Å². The highest BCUT2D eigenvalue weighted by Crippen LogP contribution is 2.33. The smallest absolute Gasteiger partial charge is 0.408 e. The van der Waals surface area contributed by atoms with Crippen LogP contribution in [0.3, 0.4) is 0 Å². The van der Waals surface area contributed by atoms with E-state index >= 15 is 0 Å². The zero-order valence-corrected chi connectivity index (χ0v) is 9.16. The summed E-state index contributed by atoms with van der Waals surface area (Å²) in [6.45, 7) is 8.11. The van der Waals surface area contributed by atoms with Gasteiger partial charge in [0.25, 0.3) is 0 Å². The average molecular weight is 198 g/mol. The minimum Gasteiger partial charge on any atom is -0.465 e. The summed E-state index contributed by atoms with van der Waals surface area (Å²) < 4.78 is 0. The number of rotatable bonds is 1. The van der Waals surface area contributed by atoms with E-state index in [1.807, 2.05) is 13.8 Å². The van der Waals surface area contributed by atoms with Crippen molar-refractivity contribution in [1.82, 2.24) is 4.90 Å². The lowest BCUT2D eigenvalue weighted by Crippen LogP contribution is -2.45. The molecule has 1 atom stereocenters. The molecule has 1 rings (SSSR count). The first-order valence-electron chi connectivity index (χ1n) is 4.88. The number of carbonyl (C=O) groups is 1. The molecule has 1 saturated heterocycles. The van der Waals surface area contributed by atoms with Crippen molar-refractivity contribution in [2.75, 3.05) is 6.54 Å². The van der Waals surface area contributed by atoms with Gasteiger partial charge in [0.15, 0.2) is 0 Å². The second-order valence-corrected chi connectivity index (χ2v) is 4.72. The Labute approximate surface area is 84.4 Å². The van der Waals surface area contributed by atoms with Crippen molar-refractivity contribution < 1.29 is 9.90 Å². The van der Waals surface area contributed by atoms with Gasteiger partial charge in [-0.15, -0.1) is 0 Å². The maximum absolute atomic E-state index is 11.0. The molecule has 0 aromatic carbocycles. The minimum atomic E-state index is -0.928. The van der Waals surface area contributed by atoms with Crippen LogP contribution in [0.15, 0.2) is 0 Å². The van der Waals surface area contributed by atoms with Crippen molar-refractivity contribution in [3.05, 3.63) is 0 Å². The van der Waals surface area contributed by atoms with Crippen LogP contribution in [0.5, 0.6) is 0 Å². The van der Waals surface area contributed by atoms with Gasteiger partial charge in [-0.2, -0.15) is 0 Å². The Bertz CT molecular complexity index is 271. The van der Waals surface area contributed by atoms with Gasteiger partial charge in [-0.05, 0) is 19.8 Å². The molecule has 1 aliphatic heterocycles. The number of amides is 1. The Kier molecular flexibility index (Phi) is 2.56. The second kappa shape index (κ2) is 3.26. The van der Waals surface area contributed by atoms with E-state index in [1.165, 1.54) is 4.90 Å². The zero-order valence-electron chi connectivity index (χ0n) is 9.16. The molecule has 4 heteroatoms. The highest BCUT2D eigenvalue weighted by Gasteiger charge is 2.46. The van der Waals surface area contributed by atoms with Gasteiger partial charge in [0.05, 0.1) is 5.54 Å². The number of likely N-dealkylation sites (tertiary alicyclic amines) is 1. The molecule has 4 nitrogen and oxygen atoms in total. The van der Waals surface area contributed by atoms with Gasteiger partial charge in [0.1, 0.15) is 0 Å². The average Bonchev–Trinajstić information content (AvgIpc) is 2.24. The van der Waals surface area contributed by atoms with Crippen LogP contribution in [-0.4, -0.2) is 33.9 Å². The van der Waals surface area contributed by atoms with Crippen molar-refractivity contribution >= 4 is 11.8 Å². The Morgan fingerprint density at radius 1 is 1.64 bits per heavy atom. The molecule has 1 amide bonds. The lowest BCUT2D eigenvalue weighted by Gasteiger charge is -2.28. The van der Waals surface area contributed by atoms with Gasteiger partial charge in [0, 0.05) is 18.2 Å². The Hall–Kier alpha value is -1.06. The van der Waals surface area contributed by atoms with E-state index in [9.17, 15) is 4.79 Å². The third-order valence-corrected chi connectivity index (χ3v) is 3.12. The molecule has 0 bridgehead atoms. The first kappa shape index (κ1) is 11.0. The summed E-state index contributed by atoms with van der Waals surface area (Å²) in [5, 5.41) is 17.0. The molecular formula is C10H18N2O2. The largest absolute Gasteiger partial charge is 0.465 e. The molecule has 0 saturated carbocycles. The molecule has 14 heavy (non-hydrogen) atoms. The van der Waals surface area contributed by atoms with Crippen LogP contribution < -0.4 is 0 Å². The topological polar surface area (TPSA) is 64.4 Å². The monoisotopic (exact) mass is 198 g/mol. The van der Waals surface area contributed by atoms with Crippen molar-refractivity contribution in [3.8, 4) is 0 Å². The molecular weight excluding hydrogens is 180 g/mol. The highest BCUT2D eigenvalue weighted by atomic mass is 16.4. The Balaban J connectivity index is 2.97. The molecule has 1 heterocycles. The molecule has 0 aliphatic carbocycles. The Morgan fingerprint density at radius 2 is 2.14 bits per heavy atom. The molecule has 0 aromatic heterocycles. The fourth-order valence-electron chi connectivity index (χ4n) is 1.98. The third kappa shape index (κ3) is 1.49. The quantitative estimate of drug-likeness (QED) is 0.677. The molecule has 0 radical (unpaired) electrons. The standard InChI is InChI=1S/C10H18N2O2/c1-6(2)7-5-12(9(13)14)10(3,4)8(7)11/h6-7,11H,5H2,1-4H3,(H,13,14). The van der Waals surface area contributed by atoms with E-state index in [-0.39, 0.29) is 5.92 Å². The summed E-state index contributed by atoms with van der Waals surface area (Å²) in [6, 6.07) is 0. The van der Waals surface area contributed by atoms with Crippen LogP contribution in [0.2, 0.25) is 0 Å². The summed E-state index contributed by atoms with van der Waals surface area (Å²) >= 11 is 0. The fraction of sp³-hybridized carbons (Fsp3) is 0.800. The summed E-state index contributed by atoms with van der Waals surface area (Å²) in [5.41, 5.74) is -0.101. The van der Waals surface area contributed by atoms with Crippen LogP contribution in [-0.2, 0) is 0 Å². The van der Waals surface area contributed by atoms with Crippen molar-refractivity contribution in [2.24, 2.45) is 11.8 Å². The first-order valence-corrected chi connectivity index (χ1v) is 4.88. The SMILES string of the molecule is CC(C)C1CN(C(=O)O)C(C)(C)C1=N. The molecule has 1 unspecified atom stereocenters. The maximum atomic E-state index is 11.0. The van der Waals surface area contributed by atoms with E-state index < -0.39 is 11.6 Å². The van der Waals surface area contributed by atoms with Crippen LogP contribution >= 0.6 is 0 Å². The predicted molar refractivity (Wildman–Crippen MR) is 54.9 cm³/mol. The van der Waals surface area contributed by atoms with Gasteiger partial charge in [-0.1, -0.05) is 13.8 Å². The third-order valence-electron chi connectivity index (χ3n) is 3.12. The van der Waals surface area contributed by atoms with Crippen LogP contribution in [0.4, 0.5) is 4.79 Å². The Morgan fingerprint density at radius 3 is 2.36 bits per heavy atom. The van der Waals surface area contributed by atoms with Gasteiger partial charge in [0.2, 0.25) is 0 Å².